The molecule has 4 rings (SSSR count). The highest BCUT2D eigenvalue weighted by Gasteiger charge is 2.16. The number of rotatable bonds is 10. The van der Waals surface area contributed by atoms with Crippen LogP contribution in [0.25, 0.3) is 0 Å². The molecule has 0 amide bonds. The van der Waals surface area contributed by atoms with E-state index >= 15 is 0 Å². The zero-order valence-corrected chi connectivity index (χ0v) is 18.0. The summed E-state index contributed by atoms with van der Waals surface area (Å²) in [6, 6.07) is 27.0. The first kappa shape index (κ1) is 21.6. The molecular weight excluding hydrogens is 386 g/mol. The zero-order chi connectivity index (χ0) is 21.3. The van der Waals surface area contributed by atoms with Gasteiger partial charge in [-0.2, -0.15) is 0 Å². The van der Waals surface area contributed by atoms with Crippen LogP contribution in [0, 0.1) is 0 Å². The van der Waals surface area contributed by atoms with Gasteiger partial charge in [-0.1, -0.05) is 66.7 Å². The van der Waals surface area contributed by atoms with Crippen molar-refractivity contribution in [1.82, 2.24) is 4.90 Å². The second-order valence-electron chi connectivity index (χ2n) is 8.15. The second kappa shape index (κ2) is 11.1. The average Bonchev–Trinajstić information content (AvgIpc) is 3.33. The predicted octanol–water partition coefficient (Wildman–Crippen LogP) is 4.94. The van der Waals surface area contributed by atoms with E-state index in [-0.39, 0.29) is 12.7 Å². The molecule has 0 spiro atoms. The zero-order valence-electron chi connectivity index (χ0n) is 18.0. The van der Waals surface area contributed by atoms with Gasteiger partial charge in [0, 0.05) is 26.2 Å². The number of ether oxygens (including phenoxy) is 2. The van der Waals surface area contributed by atoms with Crippen LogP contribution < -0.4 is 4.74 Å². The monoisotopic (exact) mass is 417 g/mol. The lowest BCUT2D eigenvalue weighted by Gasteiger charge is -2.24. The molecule has 0 aliphatic carbocycles. The van der Waals surface area contributed by atoms with Crippen LogP contribution >= 0.6 is 0 Å². The molecule has 1 aliphatic rings. The maximum absolute atomic E-state index is 9.75. The first-order chi connectivity index (χ1) is 15.3. The van der Waals surface area contributed by atoms with Gasteiger partial charge in [0.25, 0.3) is 0 Å². The van der Waals surface area contributed by atoms with Crippen LogP contribution in [0.4, 0.5) is 0 Å². The molecule has 3 aromatic carbocycles. The molecule has 0 radical (unpaired) electrons. The average molecular weight is 418 g/mol. The molecule has 0 bridgehead atoms. The van der Waals surface area contributed by atoms with Crippen molar-refractivity contribution < 1.29 is 14.6 Å². The summed E-state index contributed by atoms with van der Waals surface area (Å²) in [4.78, 5) is 2.41. The Morgan fingerprint density at radius 3 is 2.35 bits per heavy atom. The van der Waals surface area contributed by atoms with Crippen molar-refractivity contribution in [3.05, 3.63) is 101 Å². The molecule has 0 aromatic heterocycles. The van der Waals surface area contributed by atoms with E-state index in [0.29, 0.717) is 6.61 Å². The van der Waals surface area contributed by atoms with E-state index in [0.717, 1.165) is 56.0 Å². The molecule has 1 fully saturated rings. The fraction of sp³-hybridized carbons (Fsp3) is 0.333. The number of aliphatic hydroxyl groups excluding tert-OH is 1. The number of hydrogen-bond donors (Lipinski definition) is 1. The number of nitrogens with zero attached hydrogens (tertiary/aromatic N) is 1. The Morgan fingerprint density at radius 1 is 0.839 bits per heavy atom. The first-order valence-corrected chi connectivity index (χ1v) is 11.1. The predicted molar refractivity (Wildman–Crippen MR) is 123 cm³/mol. The lowest BCUT2D eigenvalue weighted by Crippen LogP contribution is -2.23. The standard InChI is InChI=1S/C27H31NO3/c29-20-25-12-5-4-11-24(25)19-28(17-22-8-2-1-3-9-22)18-23-10-6-13-26(16-23)31-21-27-14-7-15-30-27/h1-6,8-13,16,27,29H,7,14-15,17-21H2/t27-/m1/s1. The number of benzene rings is 3. The summed E-state index contributed by atoms with van der Waals surface area (Å²) >= 11 is 0. The van der Waals surface area contributed by atoms with Crippen LogP contribution in [0.1, 0.15) is 35.1 Å². The summed E-state index contributed by atoms with van der Waals surface area (Å²) in [5.41, 5.74) is 4.62. The van der Waals surface area contributed by atoms with Crippen molar-refractivity contribution in [3.63, 3.8) is 0 Å². The van der Waals surface area contributed by atoms with Crippen LogP contribution in [0.3, 0.4) is 0 Å². The molecule has 0 saturated carbocycles. The van der Waals surface area contributed by atoms with Gasteiger partial charge < -0.3 is 14.6 Å². The highest BCUT2D eigenvalue weighted by molar-refractivity contribution is 5.30. The van der Waals surface area contributed by atoms with Crippen molar-refractivity contribution >= 4 is 0 Å². The van der Waals surface area contributed by atoms with E-state index in [2.05, 4.69) is 53.4 Å². The quantitative estimate of drug-likeness (QED) is 0.507. The highest BCUT2D eigenvalue weighted by Crippen LogP contribution is 2.21. The Morgan fingerprint density at radius 2 is 1.58 bits per heavy atom. The van der Waals surface area contributed by atoms with Gasteiger partial charge in [0.15, 0.2) is 0 Å². The van der Waals surface area contributed by atoms with E-state index in [4.69, 9.17) is 9.47 Å². The maximum Gasteiger partial charge on any atom is 0.119 e. The van der Waals surface area contributed by atoms with Crippen LogP contribution in [0.15, 0.2) is 78.9 Å². The minimum Gasteiger partial charge on any atom is -0.491 e. The van der Waals surface area contributed by atoms with E-state index in [1.807, 2.05) is 30.3 Å². The largest absolute Gasteiger partial charge is 0.491 e. The Balaban J connectivity index is 1.47. The summed E-state index contributed by atoms with van der Waals surface area (Å²) < 4.78 is 11.7. The maximum atomic E-state index is 9.75. The minimum absolute atomic E-state index is 0.0575. The molecule has 3 aromatic rings. The minimum atomic E-state index is 0.0575. The fourth-order valence-electron chi connectivity index (χ4n) is 4.07. The molecule has 1 N–H and O–H groups in total. The number of hydrogen-bond acceptors (Lipinski definition) is 4. The van der Waals surface area contributed by atoms with Gasteiger partial charge in [0.1, 0.15) is 12.4 Å². The summed E-state index contributed by atoms with van der Waals surface area (Å²) in [7, 11) is 0. The fourth-order valence-corrected chi connectivity index (χ4v) is 4.07. The molecule has 1 aliphatic heterocycles. The third kappa shape index (κ3) is 6.41. The van der Waals surface area contributed by atoms with Crippen molar-refractivity contribution in [2.45, 2.75) is 45.2 Å². The van der Waals surface area contributed by atoms with Gasteiger partial charge in [-0.15, -0.1) is 0 Å². The van der Waals surface area contributed by atoms with E-state index in [9.17, 15) is 5.11 Å². The Labute approximate surface area is 185 Å². The summed E-state index contributed by atoms with van der Waals surface area (Å²) in [6.07, 6.45) is 2.42. The highest BCUT2D eigenvalue weighted by atomic mass is 16.5. The third-order valence-corrected chi connectivity index (χ3v) is 5.70. The van der Waals surface area contributed by atoms with Crippen molar-refractivity contribution in [2.24, 2.45) is 0 Å². The van der Waals surface area contributed by atoms with Gasteiger partial charge in [-0.3, -0.25) is 4.90 Å². The van der Waals surface area contributed by atoms with Gasteiger partial charge >= 0.3 is 0 Å². The van der Waals surface area contributed by atoms with Crippen LogP contribution in [-0.4, -0.2) is 29.3 Å². The van der Waals surface area contributed by atoms with Gasteiger partial charge in [-0.25, -0.2) is 0 Å². The number of aliphatic hydroxyl groups is 1. The molecule has 1 heterocycles. The molecule has 1 saturated heterocycles. The molecular formula is C27H31NO3. The smallest absolute Gasteiger partial charge is 0.119 e. The van der Waals surface area contributed by atoms with E-state index in [1.54, 1.807) is 0 Å². The van der Waals surface area contributed by atoms with Crippen LogP contribution in [-0.2, 0) is 31.0 Å². The summed E-state index contributed by atoms with van der Waals surface area (Å²) in [6.45, 7) is 3.92. The van der Waals surface area contributed by atoms with E-state index < -0.39 is 0 Å². The molecule has 1 atom stereocenters. The lowest BCUT2D eigenvalue weighted by molar-refractivity contribution is 0.0679. The van der Waals surface area contributed by atoms with Gasteiger partial charge in [0.2, 0.25) is 0 Å². The Kier molecular flexibility index (Phi) is 7.72. The summed E-state index contributed by atoms with van der Waals surface area (Å²) in [5, 5.41) is 9.75. The molecule has 0 unspecified atom stereocenters. The second-order valence-corrected chi connectivity index (χ2v) is 8.15. The lowest BCUT2D eigenvalue weighted by atomic mass is 10.1. The van der Waals surface area contributed by atoms with E-state index in [1.165, 1.54) is 11.1 Å². The summed E-state index contributed by atoms with van der Waals surface area (Å²) in [5.74, 6) is 0.892. The van der Waals surface area contributed by atoms with Gasteiger partial charge in [0.05, 0.1) is 12.7 Å². The molecule has 4 heteroatoms. The SMILES string of the molecule is OCc1ccccc1CN(Cc1ccccc1)Cc1cccc(OC[C@H]2CCCO2)c1. The van der Waals surface area contributed by atoms with Crippen molar-refractivity contribution in [2.75, 3.05) is 13.2 Å². The normalized spacial score (nSPS) is 16.0. The van der Waals surface area contributed by atoms with Crippen molar-refractivity contribution in [1.29, 1.82) is 0 Å². The van der Waals surface area contributed by atoms with Gasteiger partial charge in [-0.05, 0) is 47.2 Å². The molecule has 4 nitrogen and oxygen atoms in total. The Bertz CT molecular complexity index is 938. The molecule has 162 valence electrons. The Hall–Kier alpha value is -2.66. The third-order valence-electron chi connectivity index (χ3n) is 5.70. The van der Waals surface area contributed by atoms with Crippen LogP contribution in [0.2, 0.25) is 0 Å². The molecule has 31 heavy (non-hydrogen) atoms. The topological polar surface area (TPSA) is 41.9 Å². The first-order valence-electron chi connectivity index (χ1n) is 11.1. The van der Waals surface area contributed by atoms with Crippen molar-refractivity contribution in [3.8, 4) is 5.75 Å². The van der Waals surface area contributed by atoms with Crippen LogP contribution in [0.5, 0.6) is 5.75 Å².